The molecule has 0 radical (unpaired) electrons. The van der Waals surface area contributed by atoms with E-state index in [1.807, 2.05) is 0 Å². The lowest BCUT2D eigenvalue weighted by Gasteiger charge is -2.23. The third-order valence-electron chi connectivity index (χ3n) is 3.02. The maximum absolute atomic E-state index is 11.7. The van der Waals surface area contributed by atoms with Crippen LogP contribution in [-0.2, 0) is 9.59 Å². The van der Waals surface area contributed by atoms with Gasteiger partial charge >= 0.3 is 0 Å². The number of halogens is 1. The Balaban J connectivity index is 0.00000242. The monoisotopic (exact) mass is 348 g/mol. The molecule has 1 aromatic rings. The predicted molar refractivity (Wildman–Crippen MR) is 88.5 cm³/mol. The molecule has 1 saturated heterocycles. The molecular formula is C13H21ClN4O3S. The quantitative estimate of drug-likeness (QED) is 0.708. The molecule has 124 valence electrons. The molecule has 1 unspecified atom stereocenters. The van der Waals surface area contributed by atoms with Crippen molar-refractivity contribution in [3.63, 3.8) is 0 Å². The molecule has 0 aromatic carbocycles. The minimum Gasteiger partial charge on any atom is -0.360 e. The highest BCUT2D eigenvalue weighted by atomic mass is 35.5. The zero-order chi connectivity index (χ0) is 15.1. The summed E-state index contributed by atoms with van der Waals surface area (Å²) in [7, 11) is 0. The minimum absolute atomic E-state index is 0. The van der Waals surface area contributed by atoms with Crippen molar-refractivity contribution in [3.8, 4) is 0 Å². The Kier molecular flexibility index (Phi) is 8.29. The van der Waals surface area contributed by atoms with Gasteiger partial charge in [0.25, 0.3) is 0 Å². The number of nitrogens with one attached hydrogen (secondary N) is 3. The van der Waals surface area contributed by atoms with E-state index in [-0.39, 0.29) is 41.8 Å². The van der Waals surface area contributed by atoms with Gasteiger partial charge in [0.15, 0.2) is 5.82 Å². The Hall–Kier alpha value is -1.25. The van der Waals surface area contributed by atoms with Crippen LogP contribution in [0.1, 0.15) is 18.6 Å². The normalized spacial score (nSPS) is 17.4. The first kappa shape index (κ1) is 18.8. The van der Waals surface area contributed by atoms with Gasteiger partial charge in [-0.15, -0.1) is 24.2 Å². The van der Waals surface area contributed by atoms with Crippen molar-refractivity contribution in [3.05, 3.63) is 11.8 Å². The number of aryl methyl sites for hydroxylation is 1. The van der Waals surface area contributed by atoms with Gasteiger partial charge in [0.1, 0.15) is 5.76 Å². The lowest BCUT2D eigenvalue weighted by atomic mass is 10.1. The van der Waals surface area contributed by atoms with E-state index in [4.69, 9.17) is 4.52 Å². The lowest BCUT2D eigenvalue weighted by molar-refractivity contribution is -0.119. The van der Waals surface area contributed by atoms with Crippen LogP contribution >= 0.6 is 24.2 Å². The maximum atomic E-state index is 11.7. The zero-order valence-corrected chi connectivity index (χ0v) is 14.0. The van der Waals surface area contributed by atoms with Crippen LogP contribution in [0, 0.1) is 6.92 Å². The number of aromatic nitrogens is 1. The van der Waals surface area contributed by atoms with E-state index in [0.29, 0.717) is 11.6 Å². The van der Waals surface area contributed by atoms with E-state index in [2.05, 4.69) is 21.1 Å². The lowest BCUT2D eigenvalue weighted by Crippen LogP contribution is -2.46. The van der Waals surface area contributed by atoms with Gasteiger partial charge < -0.3 is 20.5 Å². The second-order valence-corrected chi connectivity index (χ2v) is 5.96. The van der Waals surface area contributed by atoms with Crippen LogP contribution < -0.4 is 16.0 Å². The van der Waals surface area contributed by atoms with Crippen molar-refractivity contribution in [1.29, 1.82) is 0 Å². The summed E-state index contributed by atoms with van der Waals surface area (Å²) in [6.07, 6.45) is 2.09. The fourth-order valence-electron chi connectivity index (χ4n) is 2.09. The summed E-state index contributed by atoms with van der Waals surface area (Å²) in [6, 6.07) is 1.85. The molecular weight excluding hydrogens is 328 g/mol. The first-order chi connectivity index (χ1) is 10.1. The van der Waals surface area contributed by atoms with Crippen molar-refractivity contribution >= 4 is 41.8 Å². The van der Waals surface area contributed by atoms with Gasteiger partial charge in [-0.2, -0.15) is 0 Å². The highest BCUT2D eigenvalue weighted by Gasteiger charge is 2.15. The van der Waals surface area contributed by atoms with Gasteiger partial charge in [0.2, 0.25) is 11.8 Å². The number of carbonyl (C=O) groups is 2. The molecule has 1 aliphatic rings. The van der Waals surface area contributed by atoms with Crippen LogP contribution in [0.4, 0.5) is 5.82 Å². The molecule has 1 aromatic heterocycles. The number of piperidine rings is 1. The molecule has 2 heterocycles. The van der Waals surface area contributed by atoms with Crippen LogP contribution in [0.2, 0.25) is 0 Å². The molecule has 0 aliphatic carbocycles. The Morgan fingerprint density at radius 2 is 2.23 bits per heavy atom. The molecule has 1 fully saturated rings. The molecule has 1 atom stereocenters. The van der Waals surface area contributed by atoms with Gasteiger partial charge in [-0.1, -0.05) is 5.16 Å². The highest BCUT2D eigenvalue weighted by molar-refractivity contribution is 8.00. The molecule has 1 aliphatic heterocycles. The van der Waals surface area contributed by atoms with Crippen LogP contribution in [0.25, 0.3) is 0 Å². The van der Waals surface area contributed by atoms with Crippen molar-refractivity contribution in [2.24, 2.45) is 0 Å². The third kappa shape index (κ3) is 6.67. The number of rotatable bonds is 6. The van der Waals surface area contributed by atoms with Crippen molar-refractivity contribution in [1.82, 2.24) is 15.8 Å². The van der Waals surface area contributed by atoms with Crippen molar-refractivity contribution in [2.75, 3.05) is 29.9 Å². The second kappa shape index (κ2) is 9.70. The standard InChI is InChI=1S/C13H20N4O3S.ClH/c1-9-5-11(17-20-9)16-13(19)8-21-7-12(18)15-10-3-2-4-14-6-10;/h5,10,14H,2-4,6-8H2,1H3,(H,15,18)(H,16,17,19);1H. The molecule has 22 heavy (non-hydrogen) atoms. The van der Waals surface area contributed by atoms with Gasteiger partial charge in [-0.25, -0.2) is 0 Å². The largest absolute Gasteiger partial charge is 0.360 e. The van der Waals surface area contributed by atoms with E-state index in [0.717, 1.165) is 25.9 Å². The average Bonchev–Trinajstić information content (AvgIpc) is 2.85. The van der Waals surface area contributed by atoms with Crippen molar-refractivity contribution in [2.45, 2.75) is 25.8 Å². The topological polar surface area (TPSA) is 96.3 Å². The fourth-order valence-corrected chi connectivity index (χ4v) is 2.71. The Morgan fingerprint density at radius 1 is 1.45 bits per heavy atom. The number of hydrogen-bond acceptors (Lipinski definition) is 6. The van der Waals surface area contributed by atoms with Gasteiger partial charge in [-0.3, -0.25) is 9.59 Å². The van der Waals surface area contributed by atoms with Crippen LogP contribution in [0.15, 0.2) is 10.6 Å². The van der Waals surface area contributed by atoms with Crippen LogP contribution in [0.3, 0.4) is 0 Å². The smallest absolute Gasteiger partial charge is 0.235 e. The summed E-state index contributed by atoms with van der Waals surface area (Å²) in [5.74, 6) is 1.30. The number of nitrogens with zero attached hydrogens (tertiary/aromatic N) is 1. The third-order valence-corrected chi connectivity index (χ3v) is 3.96. The number of amides is 2. The van der Waals surface area contributed by atoms with Gasteiger partial charge in [0, 0.05) is 18.7 Å². The molecule has 0 bridgehead atoms. The number of anilines is 1. The minimum atomic E-state index is -0.194. The predicted octanol–water partition coefficient (Wildman–Crippen LogP) is 0.945. The van der Waals surface area contributed by atoms with E-state index in [1.165, 1.54) is 11.8 Å². The molecule has 2 amide bonds. The number of thioether (sulfide) groups is 1. The molecule has 9 heteroatoms. The van der Waals surface area contributed by atoms with Gasteiger partial charge in [0.05, 0.1) is 11.5 Å². The summed E-state index contributed by atoms with van der Waals surface area (Å²) in [6.45, 7) is 3.59. The first-order valence-corrected chi connectivity index (χ1v) is 8.10. The van der Waals surface area contributed by atoms with Crippen LogP contribution in [-0.4, -0.2) is 47.6 Å². The molecule has 0 saturated carbocycles. The summed E-state index contributed by atoms with van der Waals surface area (Å²) < 4.78 is 4.85. The van der Waals surface area contributed by atoms with E-state index in [9.17, 15) is 9.59 Å². The molecule has 0 spiro atoms. The molecule has 7 nitrogen and oxygen atoms in total. The number of carbonyl (C=O) groups excluding carboxylic acids is 2. The fraction of sp³-hybridized carbons (Fsp3) is 0.615. The van der Waals surface area contributed by atoms with E-state index < -0.39 is 0 Å². The Bertz CT molecular complexity index is 491. The van der Waals surface area contributed by atoms with E-state index in [1.54, 1.807) is 13.0 Å². The summed E-state index contributed by atoms with van der Waals surface area (Å²) in [5.41, 5.74) is 0. The SMILES string of the molecule is Cc1cc(NC(=O)CSCC(=O)NC2CCCNC2)no1.Cl. The average molecular weight is 349 g/mol. The van der Waals surface area contributed by atoms with Crippen molar-refractivity contribution < 1.29 is 14.1 Å². The maximum Gasteiger partial charge on any atom is 0.235 e. The molecule has 2 rings (SSSR count). The van der Waals surface area contributed by atoms with Crippen LogP contribution in [0.5, 0.6) is 0 Å². The first-order valence-electron chi connectivity index (χ1n) is 6.94. The molecule has 3 N–H and O–H groups in total. The highest BCUT2D eigenvalue weighted by Crippen LogP contribution is 2.08. The van der Waals surface area contributed by atoms with E-state index >= 15 is 0 Å². The zero-order valence-electron chi connectivity index (χ0n) is 12.4. The summed E-state index contributed by atoms with van der Waals surface area (Å²) in [5, 5.41) is 12.5. The number of hydrogen-bond donors (Lipinski definition) is 3. The Morgan fingerprint density at radius 3 is 2.86 bits per heavy atom. The Labute approximate surface area is 139 Å². The summed E-state index contributed by atoms with van der Waals surface area (Å²) in [4.78, 5) is 23.4. The van der Waals surface area contributed by atoms with Gasteiger partial charge in [-0.05, 0) is 26.3 Å². The summed E-state index contributed by atoms with van der Waals surface area (Å²) >= 11 is 1.28. The second-order valence-electron chi connectivity index (χ2n) is 4.97.